The predicted molar refractivity (Wildman–Crippen MR) is 11.5 cm³/mol. The van der Waals surface area contributed by atoms with Crippen LogP contribution in [-0.2, 0) is 0 Å². The first-order chi connectivity index (χ1) is 0. The Morgan fingerprint density at radius 1 is 0.750 bits per heavy atom. The summed E-state index contributed by atoms with van der Waals surface area (Å²) in [5.41, 5.74) is 0. The number of rotatable bonds is 0. The fourth-order valence-corrected chi connectivity index (χ4v) is 0. The van der Waals surface area contributed by atoms with Gasteiger partial charge in [-0.1, -0.05) is 0 Å². The Bertz CT molecular complexity index is 6.00. The van der Waals surface area contributed by atoms with Crippen molar-refractivity contribution < 1.29 is 9.41 Å². The van der Waals surface area contributed by atoms with E-state index < -0.39 is 0 Å². The van der Waals surface area contributed by atoms with E-state index in [4.69, 9.17) is 0 Å². The fraction of sp³-hybridized carbons (Fsp3) is 0. The van der Waals surface area contributed by atoms with E-state index in [9.17, 15) is 0 Å². The summed E-state index contributed by atoms with van der Waals surface area (Å²) in [6.07, 6.45) is 0. The molecule has 0 aromatic rings. The fourth-order valence-electron chi connectivity index (χ4n) is 0. The third-order valence-corrected chi connectivity index (χ3v) is 0. The van der Waals surface area contributed by atoms with Gasteiger partial charge in [-0.25, -0.2) is 0 Å². The predicted octanol–water partition coefficient (Wildman–Crippen LogP) is -6.75. The molecule has 4 heteroatoms. The molecule has 0 atom stereocenters. The zero-order valence-corrected chi connectivity index (χ0v) is 5.17. The Hall–Kier alpha value is 1.34. The molecule has 4 radical (unpaired) electrons. The van der Waals surface area contributed by atoms with Crippen LogP contribution in [0, 0.1) is 0 Å². The summed E-state index contributed by atoms with van der Waals surface area (Å²) >= 11 is 0. The Balaban J connectivity index is 0. The van der Waals surface area contributed by atoms with Gasteiger partial charge in [0.05, 0.1) is 0 Å². The summed E-state index contributed by atoms with van der Waals surface area (Å²) in [5.74, 6) is 0. The summed E-state index contributed by atoms with van der Waals surface area (Å²) in [4.78, 5) is 0. The second-order valence-electron chi connectivity index (χ2n) is 0. The third-order valence-electron chi connectivity index (χ3n) is 0. The van der Waals surface area contributed by atoms with Gasteiger partial charge >= 0.3 is 37.7 Å². The molecule has 0 amide bonds. The Labute approximate surface area is 57.7 Å². The van der Waals surface area contributed by atoms with Gasteiger partial charge in [-0.05, 0) is 0 Å². The van der Waals surface area contributed by atoms with Gasteiger partial charge in [-0.3, -0.25) is 0 Å². The minimum absolute atomic E-state index is 0. The van der Waals surface area contributed by atoms with Crippen LogP contribution in [0.3, 0.4) is 0 Å². The smallest absolute Gasteiger partial charge is 1.00 e. The first-order valence-electron chi connectivity index (χ1n) is 0. The Kier molecular flexibility index (Phi) is 380. The maximum atomic E-state index is 0. The van der Waals surface area contributed by atoms with E-state index in [2.05, 4.69) is 0 Å². The Morgan fingerprint density at radius 3 is 0.750 bits per heavy atom. The van der Waals surface area contributed by atoms with E-state index in [-0.39, 0.29) is 58.1 Å². The van der Waals surface area contributed by atoms with E-state index in [1.54, 1.807) is 0 Å². The van der Waals surface area contributed by atoms with Crippen molar-refractivity contribution in [2.45, 2.75) is 0 Å². The van der Waals surface area contributed by atoms with E-state index in [0.29, 0.717) is 0 Å². The van der Waals surface area contributed by atoms with Crippen molar-refractivity contribution in [1.82, 2.24) is 0 Å². The van der Waals surface area contributed by atoms with E-state index in [1.807, 2.05) is 0 Å². The van der Waals surface area contributed by atoms with Crippen LogP contribution in [0.5, 0.6) is 0 Å². The van der Waals surface area contributed by atoms with Crippen molar-refractivity contribution in [2.75, 3.05) is 0 Å². The average Bonchev–Trinajstić information content (AvgIpc) is 0. The summed E-state index contributed by atoms with van der Waals surface area (Å²) in [7, 11) is 0. The standard InChI is InChI=1S/Ca.2FH.Si/h;2*1H;/q+2;;;/p-2. The minimum Gasteiger partial charge on any atom is -1.00 e. The van der Waals surface area contributed by atoms with Crippen molar-refractivity contribution in [3.05, 3.63) is 0 Å². The molecule has 0 rings (SSSR count). The van der Waals surface area contributed by atoms with Gasteiger partial charge in [-0.2, -0.15) is 0 Å². The maximum absolute atomic E-state index is 0. The molecule has 0 nitrogen and oxygen atoms in total. The molecule has 0 spiro atoms. The SMILES string of the molecule is [Ca+2].[F-].[F-].[Si]. The number of halogens is 2. The quantitative estimate of drug-likeness (QED) is 0.269. The summed E-state index contributed by atoms with van der Waals surface area (Å²) in [6, 6.07) is 0. The van der Waals surface area contributed by atoms with Crippen molar-refractivity contribution in [1.29, 1.82) is 0 Å². The largest absolute Gasteiger partial charge is 2.00 e. The molecule has 4 heavy (non-hydrogen) atoms. The molecule has 0 saturated carbocycles. The van der Waals surface area contributed by atoms with Crippen LogP contribution in [0.2, 0.25) is 0 Å². The monoisotopic (exact) mass is 106 g/mol. The van der Waals surface area contributed by atoms with Crippen LogP contribution >= 0.6 is 0 Å². The zero-order chi connectivity index (χ0) is 0. The van der Waals surface area contributed by atoms with Crippen LogP contribution in [0.15, 0.2) is 0 Å². The molecule has 0 aromatic carbocycles. The summed E-state index contributed by atoms with van der Waals surface area (Å²) in [6.45, 7) is 0. The molecular formula is CaF2Si. The van der Waals surface area contributed by atoms with Crippen LogP contribution < -0.4 is 9.41 Å². The molecule has 0 aromatic heterocycles. The molecule has 0 saturated heterocycles. The second-order valence-corrected chi connectivity index (χ2v) is 0. The van der Waals surface area contributed by atoms with Crippen molar-refractivity contribution in [3.63, 3.8) is 0 Å². The van der Waals surface area contributed by atoms with E-state index >= 15 is 0 Å². The molecule has 0 N–H and O–H groups in total. The summed E-state index contributed by atoms with van der Waals surface area (Å²) in [5, 5.41) is 0. The van der Waals surface area contributed by atoms with Gasteiger partial charge < -0.3 is 9.41 Å². The average molecular weight is 106 g/mol. The van der Waals surface area contributed by atoms with E-state index in [0.717, 1.165) is 0 Å². The minimum atomic E-state index is 0. The van der Waals surface area contributed by atoms with Crippen molar-refractivity contribution >= 4 is 48.7 Å². The third kappa shape index (κ3) is 10.2. The van der Waals surface area contributed by atoms with E-state index in [1.165, 1.54) is 0 Å². The number of hydrogen-bond donors (Lipinski definition) is 0. The normalized spacial score (nSPS) is 0. The molecule has 0 aliphatic carbocycles. The zero-order valence-electron chi connectivity index (χ0n) is 1.96. The molecule has 0 bridgehead atoms. The molecule has 0 fully saturated rings. The van der Waals surface area contributed by atoms with Crippen LogP contribution in [-0.4, -0.2) is 48.7 Å². The van der Waals surface area contributed by atoms with Crippen molar-refractivity contribution in [2.24, 2.45) is 0 Å². The van der Waals surface area contributed by atoms with Crippen LogP contribution in [0.1, 0.15) is 0 Å². The van der Waals surface area contributed by atoms with Crippen molar-refractivity contribution in [3.8, 4) is 0 Å². The topological polar surface area (TPSA) is 0 Å². The van der Waals surface area contributed by atoms with Gasteiger partial charge in [0.1, 0.15) is 0 Å². The Morgan fingerprint density at radius 2 is 0.750 bits per heavy atom. The molecule has 20 valence electrons. The molecular weight excluding hydrogens is 106 g/mol. The molecule has 0 aliphatic rings. The molecule has 0 heterocycles. The molecule has 0 unspecified atom stereocenters. The first-order valence-corrected chi connectivity index (χ1v) is 0. The van der Waals surface area contributed by atoms with Gasteiger partial charge in [-0.15, -0.1) is 0 Å². The maximum Gasteiger partial charge on any atom is 2.00 e. The van der Waals surface area contributed by atoms with Gasteiger partial charge in [0.15, 0.2) is 0 Å². The first kappa shape index (κ1) is 56.2. The second kappa shape index (κ2) is 27.0. The van der Waals surface area contributed by atoms with Gasteiger partial charge in [0, 0.05) is 11.0 Å². The number of hydrogen-bond acceptors (Lipinski definition) is 0. The van der Waals surface area contributed by atoms with Gasteiger partial charge in [0.2, 0.25) is 0 Å². The molecule has 0 aliphatic heterocycles. The summed E-state index contributed by atoms with van der Waals surface area (Å²) < 4.78 is 0. The van der Waals surface area contributed by atoms with Crippen LogP contribution in [0.25, 0.3) is 0 Å². The van der Waals surface area contributed by atoms with Gasteiger partial charge in [0.25, 0.3) is 0 Å². The van der Waals surface area contributed by atoms with Crippen LogP contribution in [0.4, 0.5) is 0 Å².